The van der Waals surface area contributed by atoms with E-state index in [1.165, 1.54) is 5.56 Å². The first-order valence-electron chi connectivity index (χ1n) is 6.87. The third kappa shape index (κ3) is 4.15. The molecule has 2 rings (SSSR count). The van der Waals surface area contributed by atoms with Crippen molar-refractivity contribution in [1.29, 1.82) is 0 Å². The lowest BCUT2D eigenvalue weighted by molar-refractivity contribution is -0.120. The fourth-order valence-electron chi connectivity index (χ4n) is 2.08. The molecule has 0 spiro atoms. The lowest BCUT2D eigenvalue weighted by Gasteiger charge is -2.18. The predicted octanol–water partition coefficient (Wildman–Crippen LogP) is 2.40. The van der Waals surface area contributed by atoms with Crippen LogP contribution in [0.2, 0.25) is 0 Å². The maximum atomic E-state index is 11.7. The number of rotatable bonds is 7. The van der Waals surface area contributed by atoms with Crippen LogP contribution in [-0.4, -0.2) is 18.5 Å². The highest BCUT2D eigenvalue weighted by atomic mass is 16.2. The Labute approximate surface area is 109 Å². The first kappa shape index (κ1) is 13.1. The monoisotopic (exact) mass is 246 g/mol. The molecule has 0 bridgehead atoms. The second-order valence-corrected chi connectivity index (χ2v) is 4.97. The highest BCUT2D eigenvalue weighted by Crippen LogP contribution is 2.19. The standard InChI is InChI=1S/C15H22N2O/c1-2-6-14(12-7-4-3-5-8-12)16-11-15(18)17-13-9-10-13/h3-5,7-8,13-14,16H,2,6,9-11H2,1H3,(H,17,18). The summed E-state index contributed by atoms with van der Waals surface area (Å²) in [5.74, 6) is 0.120. The van der Waals surface area contributed by atoms with Crippen LogP contribution in [-0.2, 0) is 4.79 Å². The lowest BCUT2D eigenvalue weighted by atomic mass is 10.0. The Bertz CT molecular complexity index is 373. The molecule has 0 radical (unpaired) electrons. The molecule has 1 aromatic carbocycles. The smallest absolute Gasteiger partial charge is 0.234 e. The van der Waals surface area contributed by atoms with Crippen molar-refractivity contribution in [3.05, 3.63) is 35.9 Å². The summed E-state index contributed by atoms with van der Waals surface area (Å²) >= 11 is 0. The van der Waals surface area contributed by atoms with Gasteiger partial charge in [-0.05, 0) is 24.8 Å². The summed E-state index contributed by atoms with van der Waals surface area (Å²) in [5, 5.41) is 6.36. The third-order valence-corrected chi connectivity index (χ3v) is 3.23. The number of nitrogens with one attached hydrogen (secondary N) is 2. The molecule has 3 nitrogen and oxygen atoms in total. The highest BCUT2D eigenvalue weighted by molar-refractivity contribution is 5.78. The average molecular weight is 246 g/mol. The van der Waals surface area contributed by atoms with Crippen LogP contribution in [0.15, 0.2) is 30.3 Å². The van der Waals surface area contributed by atoms with E-state index < -0.39 is 0 Å². The van der Waals surface area contributed by atoms with Gasteiger partial charge in [-0.25, -0.2) is 0 Å². The van der Waals surface area contributed by atoms with Crippen LogP contribution in [0.3, 0.4) is 0 Å². The van der Waals surface area contributed by atoms with Crippen molar-refractivity contribution in [3.8, 4) is 0 Å². The van der Waals surface area contributed by atoms with Gasteiger partial charge in [0.05, 0.1) is 6.54 Å². The summed E-state index contributed by atoms with van der Waals surface area (Å²) in [6, 6.07) is 11.1. The maximum Gasteiger partial charge on any atom is 0.234 e. The number of benzene rings is 1. The fourth-order valence-corrected chi connectivity index (χ4v) is 2.08. The normalized spacial score (nSPS) is 16.3. The van der Waals surface area contributed by atoms with Gasteiger partial charge in [0.2, 0.25) is 5.91 Å². The molecular formula is C15H22N2O. The number of hydrogen-bond donors (Lipinski definition) is 2. The Morgan fingerprint density at radius 2 is 2.06 bits per heavy atom. The van der Waals surface area contributed by atoms with Gasteiger partial charge in [-0.3, -0.25) is 4.79 Å². The van der Waals surface area contributed by atoms with Crippen molar-refractivity contribution in [2.24, 2.45) is 0 Å². The van der Waals surface area contributed by atoms with E-state index in [1.807, 2.05) is 18.2 Å². The molecule has 1 aliphatic rings. The average Bonchev–Trinajstić information content (AvgIpc) is 3.19. The van der Waals surface area contributed by atoms with E-state index in [9.17, 15) is 4.79 Å². The van der Waals surface area contributed by atoms with Gasteiger partial charge in [-0.1, -0.05) is 43.7 Å². The van der Waals surface area contributed by atoms with Gasteiger partial charge in [0.15, 0.2) is 0 Å². The van der Waals surface area contributed by atoms with E-state index in [1.54, 1.807) is 0 Å². The van der Waals surface area contributed by atoms with E-state index in [2.05, 4.69) is 29.7 Å². The van der Waals surface area contributed by atoms with Gasteiger partial charge in [0.1, 0.15) is 0 Å². The summed E-state index contributed by atoms with van der Waals surface area (Å²) in [7, 11) is 0. The van der Waals surface area contributed by atoms with Gasteiger partial charge in [0, 0.05) is 12.1 Å². The summed E-state index contributed by atoms with van der Waals surface area (Å²) in [4.78, 5) is 11.7. The highest BCUT2D eigenvalue weighted by Gasteiger charge is 2.23. The van der Waals surface area contributed by atoms with Crippen molar-refractivity contribution >= 4 is 5.91 Å². The molecule has 1 unspecified atom stereocenters. The van der Waals surface area contributed by atoms with Crippen LogP contribution >= 0.6 is 0 Å². The second-order valence-electron chi connectivity index (χ2n) is 4.97. The van der Waals surface area contributed by atoms with Crippen molar-refractivity contribution in [2.75, 3.05) is 6.54 Å². The Morgan fingerprint density at radius 3 is 2.67 bits per heavy atom. The lowest BCUT2D eigenvalue weighted by Crippen LogP contribution is -2.36. The minimum absolute atomic E-state index is 0.120. The fraction of sp³-hybridized carbons (Fsp3) is 0.533. The summed E-state index contributed by atoms with van der Waals surface area (Å²) in [5.41, 5.74) is 1.26. The number of carbonyl (C=O) groups excluding carboxylic acids is 1. The van der Waals surface area contributed by atoms with E-state index in [0.29, 0.717) is 12.6 Å². The molecule has 1 fully saturated rings. The second kappa shape index (κ2) is 6.55. The molecule has 98 valence electrons. The van der Waals surface area contributed by atoms with Crippen molar-refractivity contribution in [2.45, 2.75) is 44.7 Å². The molecule has 0 aliphatic heterocycles. The van der Waals surface area contributed by atoms with Gasteiger partial charge < -0.3 is 10.6 Å². The summed E-state index contributed by atoms with van der Waals surface area (Å²) in [6.45, 7) is 2.58. The number of amides is 1. The van der Waals surface area contributed by atoms with E-state index in [-0.39, 0.29) is 11.9 Å². The Balaban J connectivity index is 1.83. The molecule has 2 N–H and O–H groups in total. The summed E-state index contributed by atoms with van der Waals surface area (Å²) in [6.07, 6.45) is 4.45. The van der Waals surface area contributed by atoms with Crippen LogP contribution in [0, 0.1) is 0 Å². The first-order valence-corrected chi connectivity index (χ1v) is 6.87. The zero-order valence-electron chi connectivity index (χ0n) is 11.0. The topological polar surface area (TPSA) is 41.1 Å². The van der Waals surface area contributed by atoms with Crippen LogP contribution in [0.1, 0.15) is 44.2 Å². The maximum absolute atomic E-state index is 11.7. The molecule has 1 amide bonds. The molecule has 0 saturated heterocycles. The Morgan fingerprint density at radius 1 is 1.33 bits per heavy atom. The molecule has 0 heterocycles. The molecule has 3 heteroatoms. The molecule has 1 aromatic rings. The third-order valence-electron chi connectivity index (χ3n) is 3.23. The molecule has 1 saturated carbocycles. The molecule has 18 heavy (non-hydrogen) atoms. The van der Waals surface area contributed by atoms with Crippen molar-refractivity contribution < 1.29 is 4.79 Å². The van der Waals surface area contributed by atoms with Gasteiger partial charge in [0.25, 0.3) is 0 Å². The molecular weight excluding hydrogens is 224 g/mol. The Kier molecular flexibility index (Phi) is 4.76. The molecule has 1 atom stereocenters. The zero-order chi connectivity index (χ0) is 12.8. The SMILES string of the molecule is CCCC(NCC(=O)NC1CC1)c1ccccc1. The van der Waals surface area contributed by atoms with E-state index in [0.717, 1.165) is 25.7 Å². The molecule has 1 aliphatic carbocycles. The summed E-state index contributed by atoms with van der Waals surface area (Å²) < 4.78 is 0. The first-order chi connectivity index (χ1) is 8.79. The number of hydrogen-bond acceptors (Lipinski definition) is 2. The van der Waals surface area contributed by atoms with Crippen molar-refractivity contribution in [1.82, 2.24) is 10.6 Å². The van der Waals surface area contributed by atoms with Crippen LogP contribution in [0.4, 0.5) is 0 Å². The zero-order valence-corrected chi connectivity index (χ0v) is 11.0. The van der Waals surface area contributed by atoms with Crippen LogP contribution in [0.5, 0.6) is 0 Å². The quantitative estimate of drug-likeness (QED) is 0.775. The van der Waals surface area contributed by atoms with Gasteiger partial charge in [-0.2, -0.15) is 0 Å². The van der Waals surface area contributed by atoms with Crippen LogP contribution < -0.4 is 10.6 Å². The minimum atomic E-state index is 0.120. The van der Waals surface area contributed by atoms with Gasteiger partial charge in [-0.15, -0.1) is 0 Å². The van der Waals surface area contributed by atoms with Gasteiger partial charge >= 0.3 is 0 Å². The van der Waals surface area contributed by atoms with E-state index in [4.69, 9.17) is 0 Å². The molecule has 0 aromatic heterocycles. The predicted molar refractivity (Wildman–Crippen MR) is 73.3 cm³/mol. The van der Waals surface area contributed by atoms with E-state index >= 15 is 0 Å². The Hall–Kier alpha value is -1.35. The van der Waals surface area contributed by atoms with Crippen LogP contribution in [0.25, 0.3) is 0 Å². The van der Waals surface area contributed by atoms with Crippen molar-refractivity contribution in [3.63, 3.8) is 0 Å². The minimum Gasteiger partial charge on any atom is -0.352 e. The number of carbonyl (C=O) groups is 1. The largest absolute Gasteiger partial charge is 0.352 e.